The molecule has 3 aromatic rings. The maximum absolute atomic E-state index is 14.7. The largest absolute Gasteiger partial charge is 0.493 e. The predicted molar refractivity (Wildman–Crippen MR) is 140 cm³/mol. The molecular formula is C28H31F4N5O3. The number of alkyl halides is 4. The number of carbonyl (C=O) groups excluding carboxylic acids is 2. The molecule has 12 heteroatoms. The predicted octanol–water partition coefficient (Wildman–Crippen LogP) is 5.26. The van der Waals surface area contributed by atoms with E-state index in [1.807, 2.05) is 0 Å². The highest BCUT2D eigenvalue weighted by atomic mass is 19.4. The zero-order valence-corrected chi connectivity index (χ0v) is 22.2. The molecule has 3 N–H and O–H groups in total. The molecule has 3 atom stereocenters. The number of nitrogens with one attached hydrogen (secondary N) is 3. The van der Waals surface area contributed by atoms with E-state index in [9.17, 15) is 27.2 Å². The van der Waals surface area contributed by atoms with Gasteiger partial charge in [0.25, 0.3) is 5.91 Å². The number of hydrogen-bond donors (Lipinski definition) is 3. The van der Waals surface area contributed by atoms with Crippen molar-refractivity contribution in [3.63, 3.8) is 0 Å². The zero-order chi connectivity index (χ0) is 28.6. The Bertz CT molecular complexity index is 1420. The standard InChI is InChI=1S/C28H31F4N5O3/c1-3-22(38)37-20-8-7-17(11-19(20)29)36-27(39)23-14(2)35-26-24(33-13-34-25(23)26)18-10-16(28(30,31)32)6-9-21(18)40-12-15-4-5-15/h6,9-10,13,15,17,19-20,35H,3-5,7-8,11-12H2,1-2H3,(H,36,39)(H,37,38)/t17-,19+,20-/m0/s1. The van der Waals surface area contributed by atoms with Crippen LogP contribution in [0.5, 0.6) is 5.75 Å². The van der Waals surface area contributed by atoms with Crippen LogP contribution >= 0.6 is 0 Å². The number of nitrogens with zero attached hydrogens (tertiary/aromatic N) is 2. The molecule has 0 radical (unpaired) electrons. The van der Waals surface area contributed by atoms with E-state index in [1.54, 1.807) is 13.8 Å². The number of ether oxygens (including phenoxy) is 1. The Morgan fingerprint density at radius 3 is 2.58 bits per heavy atom. The van der Waals surface area contributed by atoms with Crippen LogP contribution < -0.4 is 15.4 Å². The highest BCUT2D eigenvalue weighted by Crippen LogP contribution is 2.40. The second kappa shape index (κ2) is 11.1. The van der Waals surface area contributed by atoms with Crippen molar-refractivity contribution >= 4 is 22.8 Å². The number of aromatic amines is 1. The van der Waals surface area contributed by atoms with Gasteiger partial charge in [0.15, 0.2) is 0 Å². The van der Waals surface area contributed by atoms with E-state index >= 15 is 0 Å². The molecule has 8 nitrogen and oxygen atoms in total. The zero-order valence-electron chi connectivity index (χ0n) is 22.2. The Balaban J connectivity index is 1.43. The summed E-state index contributed by atoms with van der Waals surface area (Å²) in [5, 5.41) is 5.55. The smallest absolute Gasteiger partial charge is 0.416 e. The first-order chi connectivity index (χ1) is 19.0. The van der Waals surface area contributed by atoms with Gasteiger partial charge < -0.3 is 20.4 Å². The number of aryl methyl sites for hydroxylation is 1. The van der Waals surface area contributed by atoms with E-state index < -0.39 is 35.9 Å². The number of fused-ring (bicyclic) bond motifs is 1. The molecule has 0 saturated heterocycles. The second-order valence-corrected chi connectivity index (χ2v) is 10.6. The molecule has 2 heterocycles. The molecule has 0 spiro atoms. The summed E-state index contributed by atoms with van der Waals surface area (Å²) in [6.07, 6.45) is -1.46. The molecule has 214 valence electrons. The van der Waals surface area contributed by atoms with Crippen molar-refractivity contribution in [2.24, 2.45) is 5.92 Å². The fraction of sp³-hybridized carbons (Fsp3) is 0.500. The van der Waals surface area contributed by atoms with Gasteiger partial charge in [-0.1, -0.05) is 6.92 Å². The van der Waals surface area contributed by atoms with Crippen molar-refractivity contribution in [3.8, 4) is 17.0 Å². The van der Waals surface area contributed by atoms with Gasteiger partial charge in [-0.3, -0.25) is 9.59 Å². The number of amides is 2. The van der Waals surface area contributed by atoms with E-state index in [0.717, 1.165) is 25.0 Å². The molecule has 2 saturated carbocycles. The summed E-state index contributed by atoms with van der Waals surface area (Å²) in [5.74, 6) is -0.0534. The molecule has 2 aliphatic carbocycles. The van der Waals surface area contributed by atoms with Crippen molar-refractivity contribution in [1.82, 2.24) is 25.6 Å². The first-order valence-corrected chi connectivity index (χ1v) is 13.5. The summed E-state index contributed by atoms with van der Waals surface area (Å²) in [4.78, 5) is 36.6. The molecule has 0 unspecified atom stereocenters. The first kappa shape index (κ1) is 27.9. The van der Waals surface area contributed by atoms with E-state index in [0.29, 0.717) is 36.6 Å². The molecule has 5 rings (SSSR count). The summed E-state index contributed by atoms with van der Waals surface area (Å²) in [5.41, 5.74) is 0.677. The molecule has 0 bridgehead atoms. The van der Waals surface area contributed by atoms with Crippen LogP contribution in [0, 0.1) is 12.8 Å². The van der Waals surface area contributed by atoms with E-state index in [1.165, 1.54) is 12.4 Å². The van der Waals surface area contributed by atoms with Crippen molar-refractivity contribution in [2.45, 2.75) is 76.8 Å². The average Bonchev–Trinajstić information content (AvgIpc) is 3.67. The Morgan fingerprint density at radius 2 is 1.90 bits per heavy atom. The lowest BCUT2D eigenvalue weighted by Gasteiger charge is -2.32. The van der Waals surface area contributed by atoms with Crippen LogP contribution in [-0.4, -0.2) is 51.6 Å². The maximum Gasteiger partial charge on any atom is 0.416 e. The molecule has 40 heavy (non-hydrogen) atoms. The topological polar surface area (TPSA) is 109 Å². The Hall–Kier alpha value is -3.70. The van der Waals surface area contributed by atoms with Crippen molar-refractivity contribution < 1.29 is 31.9 Å². The highest BCUT2D eigenvalue weighted by Gasteiger charge is 2.34. The number of benzene rings is 1. The van der Waals surface area contributed by atoms with Gasteiger partial charge in [-0.25, -0.2) is 14.4 Å². The Kier molecular flexibility index (Phi) is 7.70. The second-order valence-electron chi connectivity index (χ2n) is 10.6. The minimum Gasteiger partial charge on any atom is -0.493 e. The number of carbonyl (C=O) groups is 2. The van der Waals surface area contributed by atoms with Crippen LogP contribution in [0.1, 0.15) is 67.1 Å². The van der Waals surface area contributed by atoms with Crippen LogP contribution in [0.3, 0.4) is 0 Å². The van der Waals surface area contributed by atoms with Gasteiger partial charge in [-0.2, -0.15) is 13.2 Å². The molecule has 2 amide bonds. The molecule has 2 aliphatic rings. The van der Waals surface area contributed by atoms with Gasteiger partial charge in [-0.05, 0) is 56.7 Å². The number of rotatable bonds is 8. The lowest BCUT2D eigenvalue weighted by molar-refractivity contribution is -0.137. The maximum atomic E-state index is 14.7. The van der Waals surface area contributed by atoms with Gasteiger partial charge in [0.05, 0.1) is 29.3 Å². The number of H-pyrrole nitrogens is 1. The average molecular weight is 562 g/mol. The fourth-order valence-electron chi connectivity index (χ4n) is 5.09. The summed E-state index contributed by atoms with van der Waals surface area (Å²) in [6.45, 7) is 3.75. The number of aromatic nitrogens is 3. The Morgan fingerprint density at radius 1 is 1.12 bits per heavy atom. The summed E-state index contributed by atoms with van der Waals surface area (Å²) in [7, 11) is 0. The van der Waals surface area contributed by atoms with Gasteiger partial charge in [0.2, 0.25) is 5.91 Å². The normalized spacial score (nSPS) is 21.3. The van der Waals surface area contributed by atoms with Crippen LogP contribution in [0.25, 0.3) is 22.3 Å². The molecular weight excluding hydrogens is 530 g/mol. The van der Waals surface area contributed by atoms with Crippen LogP contribution in [0.15, 0.2) is 24.5 Å². The van der Waals surface area contributed by atoms with Crippen molar-refractivity contribution in [1.29, 1.82) is 0 Å². The minimum absolute atomic E-state index is 0.0496. The SMILES string of the molecule is CCC(=O)N[C@H]1CC[C@H](NC(=O)c2c(C)[nH]c3c(-c4cc(C(F)(F)F)ccc4OCC4CC4)ncnc23)C[C@H]1F. The van der Waals surface area contributed by atoms with Gasteiger partial charge in [0.1, 0.15) is 29.5 Å². The van der Waals surface area contributed by atoms with E-state index in [2.05, 4.69) is 25.6 Å². The highest BCUT2D eigenvalue weighted by molar-refractivity contribution is 6.09. The molecule has 2 fully saturated rings. The van der Waals surface area contributed by atoms with Gasteiger partial charge in [-0.15, -0.1) is 0 Å². The molecule has 1 aromatic carbocycles. The van der Waals surface area contributed by atoms with E-state index in [-0.39, 0.29) is 46.8 Å². The summed E-state index contributed by atoms with van der Waals surface area (Å²) < 4.78 is 61.4. The molecule has 2 aromatic heterocycles. The third-order valence-corrected chi connectivity index (χ3v) is 7.51. The first-order valence-electron chi connectivity index (χ1n) is 13.5. The van der Waals surface area contributed by atoms with Crippen LogP contribution in [-0.2, 0) is 11.0 Å². The van der Waals surface area contributed by atoms with Crippen LogP contribution in [0.2, 0.25) is 0 Å². The van der Waals surface area contributed by atoms with Gasteiger partial charge >= 0.3 is 6.18 Å². The lowest BCUT2D eigenvalue weighted by Crippen LogP contribution is -2.49. The van der Waals surface area contributed by atoms with Crippen LogP contribution in [0.4, 0.5) is 17.6 Å². The minimum atomic E-state index is -4.57. The van der Waals surface area contributed by atoms with E-state index in [4.69, 9.17) is 4.74 Å². The van der Waals surface area contributed by atoms with Crippen molar-refractivity contribution in [2.75, 3.05) is 6.61 Å². The fourth-order valence-corrected chi connectivity index (χ4v) is 5.09. The lowest BCUT2D eigenvalue weighted by atomic mass is 9.89. The monoisotopic (exact) mass is 561 g/mol. The molecule has 0 aliphatic heterocycles. The van der Waals surface area contributed by atoms with Crippen molar-refractivity contribution in [3.05, 3.63) is 41.3 Å². The summed E-state index contributed by atoms with van der Waals surface area (Å²) in [6, 6.07) is 2.23. The summed E-state index contributed by atoms with van der Waals surface area (Å²) >= 11 is 0. The Labute approximate surface area is 228 Å². The number of halogens is 4. The van der Waals surface area contributed by atoms with Gasteiger partial charge in [0, 0.05) is 30.1 Å². The quantitative estimate of drug-likeness (QED) is 0.325. The number of hydrogen-bond acceptors (Lipinski definition) is 5. The third-order valence-electron chi connectivity index (χ3n) is 7.51. The third kappa shape index (κ3) is 5.90.